The van der Waals surface area contributed by atoms with Gasteiger partial charge in [-0.15, -0.1) is 11.8 Å². The van der Waals surface area contributed by atoms with E-state index in [0.717, 1.165) is 4.91 Å². The molecule has 0 spiro atoms. The van der Waals surface area contributed by atoms with E-state index in [1.165, 1.54) is 48.0 Å². The summed E-state index contributed by atoms with van der Waals surface area (Å²) in [6.07, 6.45) is 0.420. The van der Waals surface area contributed by atoms with Crippen LogP contribution in [0.5, 0.6) is 0 Å². The molecule has 2 heterocycles. The third-order valence-electron chi connectivity index (χ3n) is 4.48. The van der Waals surface area contributed by atoms with E-state index in [2.05, 4.69) is 5.32 Å². The number of ether oxygens (including phenoxy) is 2. The highest BCUT2D eigenvalue weighted by molar-refractivity contribution is 8.03. The lowest BCUT2D eigenvalue weighted by Gasteiger charge is -2.35. The predicted octanol–water partition coefficient (Wildman–Crippen LogP) is 1.94. The van der Waals surface area contributed by atoms with Gasteiger partial charge >= 0.3 is 12.1 Å². The van der Waals surface area contributed by atoms with Crippen LogP contribution in [0.25, 0.3) is 0 Å². The Kier molecular flexibility index (Phi) is 6.37. The van der Waals surface area contributed by atoms with E-state index in [1.54, 1.807) is 0 Å². The van der Waals surface area contributed by atoms with Crippen molar-refractivity contribution in [2.45, 2.75) is 25.5 Å². The Morgan fingerprint density at radius 3 is 2.62 bits per heavy atom. The number of nitrogens with zero attached hydrogens (tertiary/aromatic N) is 2. The van der Waals surface area contributed by atoms with Crippen molar-refractivity contribution >= 4 is 35.4 Å². The second kappa shape index (κ2) is 8.95. The van der Waals surface area contributed by atoms with Crippen LogP contribution in [0.4, 0.5) is 10.5 Å². The van der Waals surface area contributed by atoms with Crippen LogP contribution >= 0.6 is 11.8 Å². The van der Waals surface area contributed by atoms with E-state index < -0.39 is 17.0 Å². The minimum Gasteiger partial charge on any atom is -0.456 e. The summed E-state index contributed by atoms with van der Waals surface area (Å²) < 4.78 is 10.3. The molecule has 0 aromatic heterocycles. The van der Waals surface area contributed by atoms with E-state index in [-0.39, 0.29) is 36.5 Å². The first-order chi connectivity index (χ1) is 13.9. The summed E-state index contributed by atoms with van der Waals surface area (Å²) in [6, 6.07) is 5.66. The normalized spacial score (nSPS) is 17.5. The maximum atomic E-state index is 12.6. The molecule has 0 bridgehead atoms. The highest BCUT2D eigenvalue weighted by Crippen LogP contribution is 2.43. The number of fused-ring (bicyclic) bond motifs is 1. The van der Waals surface area contributed by atoms with Gasteiger partial charge in [-0.25, -0.2) is 9.59 Å². The molecule has 0 saturated carbocycles. The van der Waals surface area contributed by atoms with Crippen molar-refractivity contribution in [1.29, 1.82) is 0 Å². The standard InChI is InChI=1S/C18H19N3O7S/c1-19-18(24)27-6-7-29-14-8-13-9-15(22)20(13)16(14)17(23)28-10-11-2-4-12(5-3-11)21(25)26/h2-5,13H,6-10H2,1H3,(H,19,24). The lowest BCUT2D eigenvalue weighted by atomic mass is 10.0. The quantitative estimate of drug-likeness (QED) is 0.222. The molecular weight excluding hydrogens is 402 g/mol. The number of rotatable bonds is 8. The van der Waals surface area contributed by atoms with Gasteiger partial charge in [0.2, 0.25) is 5.91 Å². The smallest absolute Gasteiger partial charge is 0.406 e. The third-order valence-corrected chi connectivity index (χ3v) is 5.56. The fraction of sp³-hybridized carbons (Fsp3) is 0.389. The van der Waals surface area contributed by atoms with E-state index in [9.17, 15) is 24.5 Å². The molecule has 2 aliphatic heterocycles. The van der Waals surface area contributed by atoms with Crippen molar-refractivity contribution in [3.05, 3.63) is 50.5 Å². The van der Waals surface area contributed by atoms with Crippen LogP contribution in [0.2, 0.25) is 0 Å². The van der Waals surface area contributed by atoms with Gasteiger partial charge < -0.3 is 19.7 Å². The van der Waals surface area contributed by atoms with Gasteiger partial charge in [0.1, 0.15) is 18.9 Å². The summed E-state index contributed by atoms with van der Waals surface area (Å²) in [5.41, 5.74) is 0.783. The van der Waals surface area contributed by atoms with Crippen LogP contribution in [-0.2, 0) is 25.7 Å². The van der Waals surface area contributed by atoms with Crippen molar-refractivity contribution in [3.8, 4) is 0 Å². The summed E-state index contributed by atoms with van der Waals surface area (Å²) in [5.74, 6) is -0.306. The first-order valence-corrected chi connectivity index (χ1v) is 9.82. The van der Waals surface area contributed by atoms with Gasteiger partial charge in [-0.2, -0.15) is 0 Å². The summed E-state index contributed by atoms with van der Waals surface area (Å²) in [5, 5.41) is 13.0. The van der Waals surface area contributed by atoms with Crippen LogP contribution in [-0.4, -0.2) is 53.2 Å². The highest BCUT2D eigenvalue weighted by atomic mass is 32.2. The molecule has 11 heteroatoms. The fourth-order valence-corrected chi connectivity index (χ4v) is 4.08. The van der Waals surface area contributed by atoms with Crippen molar-refractivity contribution in [3.63, 3.8) is 0 Å². The number of hydrogen-bond donors (Lipinski definition) is 1. The fourth-order valence-electron chi connectivity index (χ4n) is 3.04. The zero-order valence-electron chi connectivity index (χ0n) is 15.6. The molecule has 10 nitrogen and oxygen atoms in total. The van der Waals surface area contributed by atoms with Gasteiger partial charge in [0, 0.05) is 42.7 Å². The number of β-lactam (4-membered cyclic amide) rings is 1. The SMILES string of the molecule is CNC(=O)OCCSC1=C(C(=O)OCc2ccc([N+](=O)[O-])cc2)N2C(=O)CC2C1. The molecule has 0 aliphatic carbocycles. The maximum absolute atomic E-state index is 12.6. The Bertz CT molecular complexity index is 869. The Balaban J connectivity index is 1.61. The number of thioether (sulfide) groups is 1. The van der Waals surface area contributed by atoms with Crippen LogP contribution in [0.3, 0.4) is 0 Å². The van der Waals surface area contributed by atoms with Gasteiger partial charge in [0.05, 0.1) is 11.0 Å². The van der Waals surface area contributed by atoms with E-state index in [1.807, 2.05) is 0 Å². The third kappa shape index (κ3) is 4.67. The molecule has 154 valence electrons. The summed E-state index contributed by atoms with van der Waals surface area (Å²) in [4.78, 5) is 48.1. The largest absolute Gasteiger partial charge is 0.456 e. The molecule has 0 radical (unpaired) electrons. The molecule has 1 N–H and O–H groups in total. The minimum atomic E-state index is -0.617. The second-order valence-electron chi connectivity index (χ2n) is 6.33. The molecule has 3 rings (SSSR count). The van der Waals surface area contributed by atoms with Gasteiger partial charge in [-0.1, -0.05) is 0 Å². The Labute approximate surface area is 170 Å². The number of alkyl carbamates (subject to hydrolysis) is 1. The minimum absolute atomic E-state index is 0.0354. The topological polar surface area (TPSA) is 128 Å². The highest BCUT2D eigenvalue weighted by Gasteiger charge is 2.48. The number of nitro benzene ring substituents is 1. The summed E-state index contributed by atoms with van der Waals surface area (Å²) in [7, 11) is 1.46. The number of carbonyl (C=O) groups excluding carboxylic acids is 3. The monoisotopic (exact) mass is 421 g/mol. The van der Waals surface area contributed by atoms with Crippen LogP contribution in [0.15, 0.2) is 34.9 Å². The molecule has 29 heavy (non-hydrogen) atoms. The molecular formula is C18H19N3O7S. The number of amides is 2. The number of carbonyl (C=O) groups is 3. The summed E-state index contributed by atoms with van der Waals surface area (Å²) in [6.45, 7) is 0.0995. The molecule has 1 saturated heterocycles. The van der Waals surface area contributed by atoms with E-state index in [4.69, 9.17) is 9.47 Å². The second-order valence-corrected chi connectivity index (χ2v) is 7.52. The lowest BCUT2D eigenvalue weighted by Crippen LogP contribution is -2.49. The first kappa shape index (κ1) is 20.6. The predicted molar refractivity (Wildman–Crippen MR) is 103 cm³/mol. The summed E-state index contributed by atoms with van der Waals surface area (Å²) >= 11 is 1.35. The van der Waals surface area contributed by atoms with Crippen LogP contribution in [0, 0.1) is 10.1 Å². The Morgan fingerprint density at radius 2 is 2.00 bits per heavy atom. The average Bonchev–Trinajstić information content (AvgIpc) is 3.01. The number of non-ortho nitro benzene ring substituents is 1. The number of benzene rings is 1. The molecule has 1 aromatic rings. The number of hydrogen-bond acceptors (Lipinski definition) is 8. The number of esters is 1. The van der Waals surface area contributed by atoms with Crippen molar-refractivity contribution in [2.24, 2.45) is 0 Å². The molecule has 1 atom stereocenters. The lowest BCUT2D eigenvalue weighted by molar-refractivity contribution is -0.384. The Hall–Kier alpha value is -3.08. The van der Waals surface area contributed by atoms with Gasteiger partial charge in [0.25, 0.3) is 5.69 Å². The number of nitro groups is 1. The zero-order valence-corrected chi connectivity index (χ0v) is 16.4. The van der Waals surface area contributed by atoms with Gasteiger partial charge in [-0.05, 0) is 17.7 Å². The van der Waals surface area contributed by atoms with E-state index in [0.29, 0.717) is 24.2 Å². The molecule has 2 aliphatic rings. The van der Waals surface area contributed by atoms with Crippen LogP contribution in [0.1, 0.15) is 18.4 Å². The van der Waals surface area contributed by atoms with Crippen LogP contribution < -0.4 is 5.32 Å². The molecule has 1 fully saturated rings. The van der Waals surface area contributed by atoms with Crippen molar-refractivity contribution < 1.29 is 28.8 Å². The molecule has 1 unspecified atom stereocenters. The maximum Gasteiger partial charge on any atom is 0.406 e. The van der Waals surface area contributed by atoms with Gasteiger partial charge in [0.15, 0.2) is 0 Å². The molecule has 1 aromatic carbocycles. The Morgan fingerprint density at radius 1 is 1.28 bits per heavy atom. The van der Waals surface area contributed by atoms with Crippen molar-refractivity contribution in [1.82, 2.24) is 10.2 Å². The zero-order chi connectivity index (χ0) is 21.0. The average molecular weight is 421 g/mol. The molecule has 2 amide bonds. The van der Waals surface area contributed by atoms with E-state index >= 15 is 0 Å². The van der Waals surface area contributed by atoms with Crippen molar-refractivity contribution in [2.75, 3.05) is 19.4 Å². The number of nitrogens with one attached hydrogen (secondary N) is 1. The first-order valence-electron chi connectivity index (χ1n) is 8.83. The van der Waals surface area contributed by atoms with Gasteiger partial charge in [-0.3, -0.25) is 14.9 Å².